The van der Waals surface area contributed by atoms with Crippen LogP contribution in [0.3, 0.4) is 0 Å². The highest BCUT2D eigenvalue weighted by atomic mass is 19.1. The molecule has 0 bridgehead atoms. The van der Waals surface area contributed by atoms with Crippen molar-refractivity contribution in [3.8, 4) is 11.5 Å². The van der Waals surface area contributed by atoms with Crippen LogP contribution < -0.4 is 14.8 Å². The Morgan fingerprint density at radius 1 is 1.17 bits per heavy atom. The first-order chi connectivity index (χ1) is 11.4. The number of ether oxygens (including phenoxy) is 2. The van der Waals surface area contributed by atoms with Crippen molar-refractivity contribution in [2.75, 3.05) is 19.5 Å². The number of hydrogen-bond acceptors (Lipinski definition) is 5. The number of nitro groups is 1. The first kappa shape index (κ1) is 17.5. The number of halogens is 1. The van der Waals surface area contributed by atoms with Crippen LogP contribution >= 0.6 is 0 Å². The molecule has 2 rings (SSSR count). The van der Waals surface area contributed by atoms with Crippen molar-refractivity contribution in [3.63, 3.8) is 0 Å². The molecule has 128 valence electrons. The maximum absolute atomic E-state index is 13.5. The molecule has 0 saturated carbocycles. The van der Waals surface area contributed by atoms with Gasteiger partial charge < -0.3 is 14.8 Å². The standard InChI is InChI=1S/C17H19FN2O4/c1-10-7-16(23-3)17(24-4)9-13(10)11(2)19-14-8-12(18)5-6-15(14)20(21)22/h5-9,11,19H,1-4H3. The molecule has 1 atom stereocenters. The fourth-order valence-corrected chi connectivity index (χ4v) is 2.56. The molecule has 0 aliphatic rings. The van der Waals surface area contributed by atoms with E-state index < -0.39 is 10.7 Å². The van der Waals surface area contributed by atoms with E-state index in [1.165, 1.54) is 7.11 Å². The Bertz CT molecular complexity index is 764. The third kappa shape index (κ3) is 3.56. The summed E-state index contributed by atoms with van der Waals surface area (Å²) in [6.45, 7) is 3.73. The molecule has 2 aromatic carbocycles. The summed E-state index contributed by atoms with van der Waals surface area (Å²) in [5.74, 6) is 0.613. The Morgan fingerprint density at radius 2 is 1.79 bits per heavy atom. The zero-order valence-corrected chi connectivity index (χ0v) is 13.9. The van der Waals surface area contributed by atoms with E-state index in [-0.39, 0.29) is 17.4 Å². The quantitative estimate of drug-likeness (QED) is 0.632. The van der Waals surface area contributed by atoms with Gasteiger partial charge in [-0.3, -0.25) is 10.1 Å². The van der Waals surface area contributed by atoms with Gasteiger partial charge in [-0.25, -0.2) is 4.39 Å². The monoisotopic (exact) mass is 334 g/mol. The number of nitrogens with zero attached hydrogens (tertiary/aromatic N) is 1. The minimum Gasteiger partial charge on any atom is -0.493 e. The van der Waals surface area contributed by atoms with Crippen LogP contribution in [-0.2, 0) is 0 Å². The van der Waals surface area contributed by atoms with Gasteiger partial charge in [0, 0.05) is 18.2 Å². The molecule has 6 nitrogen and oxygen atoms in total. The Balaban J connectivity index is 2.39. The number of nitrogens with one attached hydrogen (secondary N) is 1. The summed E-state index contributed by atoms with van der Waals surface area (Å²) in [4.78, 5) is 10.6. The van der Waals surface area contributed by atoms with Crippen molar-refractivity contribution in [1.29, 1.82) is 0 Å². The molecule has 1 unspecified atom stereocenters. The van der Waals surface area contributed by atoms with Gasteiger partial charge in [0.15, 0.2) is 11.5 Å². The SMILES string of the molecule is COc1cc(C)c(C(C)Nc2cc(F)ccc2[N+](=O)[O-])cc1OC. The summed E-state index contributed by atoms with van der Waals surface area (Å²) in [7, 11) is 3.08. The molecule has 2 aromatic rings. The van der Waals surface area contributed by atoms with Crippen LogP contribution in [-0.4, -0.2) is 19.1 Å². The number of aryl methyl sites for hydroxylation is 1. The molecule has 0 aliphatic heterocycles. The lowest BCUT2D eigenvalue weighted by atomic mass is 10.0. The number of rotatable bonds is 6. The van der Waals surface area contributed by atoms with E-state index in [2.05, 4.69) is 5.32 Å². The van der Waals surface area contributed by atoms with E-state index in [9.17, 15) is 14.5 Å². The normalized spacial score (nSPS) is 11.7. The van der Waals surface area contributed by atoms with Crippen LogP contribution in [0.25, 0.3) is 0 Å². The first-order valence-electron chi connectivity index (χ1n) is 7.30. The summed E-state index contributed by atoms with van der Waals surface area (Å²) in [5, 5.41) is 14.1. The predicted molar refractivity (Wildman–Crippen MR) is 89.4 cm³/mol. The van der Waals surface area contributed by atoms with Crippen molar-refractivity contribution in [1.82, 2.24) is 0 Å². The molecule has 0 aromatic heterocycles. The molecule has 0 saturated heterocycles. The fraction of sp³-hybridized carbons (Fsp3) is 0.294. The molecule has 24 heavy (non-hydrogen) atoms. The lowest BCUT2D eigenvalue weighted by Gasteiger charge is -2.20. The van der Waals surface area contributed by atoms with Crippen molar-refractivity contribution >= 4 is 11.4 Å². The average molecular weight is 334 g/mol. The number of methoxy groups -OCH3 is 2. The van der Waals surface area contributed by atoms with Crippen LogP contribution in [0.15, 0.2) is 30.3 Å². The van der Waals surface area contributed by atoms with Crippen molar-refractivity contribution in [2.45, 2.75) is 19.9 Å². The van der Waals surface area contributed by atoms with Gasteiger partial charge in [-0.1, -0.05) is 0 Å². The summed E-state index contributed by atoms with van der Waals surface area (Å²) in [6, 6.07) is 6.65. The fourth-order valence-electron chi connectivity index (χ4n) is 2.56. The smallest absolute Gasteiger partial charge is 0.292 e. The number of benzene rings is 2. The molecular weight excluding hydrogens is 315 g/mol. The van der Waals surface area contributed by atoms with Gasteiger partial charge in [0.2, 0.25) is 0 Å². The average Bonchev–Trinajstić information content (AvgIpc) is 2.54. The Kier molecular flexibility index (Phi) is 5.23. The third-order valence-corrected chi connectivity index (χ3v) is 3.77. The molecular formula is C17H19FN2O4. The summed E-state index contributed by atoms with van der Waals surface area (Å²) >= 11 is 0. The zero-order valence-electron chi connectivity index (χ0n) is 13.9. The van der Waals surface area contributed by atoms with E-state index in [4.69, 9.17) is 9.47 Å². The lowest BCUT2D eigenvalue weighted by Crippen LogP contribution is -2.10. The number of nitro benzene ring substituents is 1. The van der Waals surface area contributed by atoms with E-state index in [0.717, 1.165) is 29.3 Å². The second-order valence-corrected chi connectivity index (χ2v) is 5.35. The maximum atomic E-state index is 13.5. The van der Waals surface area contributed by atoms with Gasteiger partial charge in [0.05, 0.1) is 19.1 Å². The zero-order chi connectivity index (χ0) is 17.9. The minimum absolute atomic E-state index is 0.127. The Labute approximate surface area is 139 Å². The van der Waals surface area contributed by atoms with Crippen LogP contribution in [0.4, 0.5) is 15.8 Å². The van der Waals surface area contributed by atoms with Crippen LogP contribution in [0, 0.1) is 22.9 Å². The van der Waals surface area contributed by atoms with E-state index in [0.29, 0.717) is 11.5 Å². The van der Waals surface area contributed by atoms with Gasteiger partial charge in [0.25, 0.3) is 5.69 Å². The van der Waals surface area contributed by atoms with Crippen molar-refractivity contribution in [2.24, 2.45) is 0 Å². The highest BCUT2D eigenvalue weighted by molar-refractivity contribution is 5.63. The Hall–Kier alpha value is -2.83. The van der Waals surface area contributed by atoms with E-state index in [1.807, 2.05) is 19.9 Å². The number of anilines is 1. The van der Waals surface area contributed by atoms with Gasteiger partial charge >= 0.3 is 0 Å². The maximum Gasteiger partial charge on any atom is 0.292 e. The van der Waals surface area contributed by atoms with E-state index in [1.54, 1.807) is 13.2 Å². The lowest BCUT2D eigenvalue weighted by molar-refractivity contribution is -0.384. The highest BCUT2D eigenvalue weighted by Gasteiger charge is 2.19. The second-order valence-electron chi connectivity index (χ2n) is 5.35. The predicted octanol–water partition coefficient (Wildman–Crippen LogP) is 4.23. The van der Waals surface area contributed by atoms with Crippen LogP contribution in [0.1, 0.15) is 24.1 Å². The first-order valence-corrected chi connectivity index (χ1v) is 7.30. The van der Waals surface area contributed by atoms with Crippen molar-refractivity contribution in [3.05, 3.63) is 57.4 Å². The second kappa shape index (κ2) is 7.16. The molecule has 0 aliphatic carbocycles. The third-order valence-electron chi connectivity index (χ3n) is 3.77. The molecule has 0 heterocycles. The molecule has 0 fully saturated rings. The molecule has 0 amide bonds. The minimum atomic E-state index is -0.546. The highest BCUT2D eigenvalue weighted by Crippen LogP contribution is 2.35. The summed E-state index contributed by atoms with van der Waals surface area (Å²) < 4.78 is 24.0. The van der Waals surface area contributed by atoms with Gasteiger partial charge in [-0.05, 0) is 43.2 Å². The van der Waals surface area contributed by atoms with Gasteiger partial charge in [0.1, 0.15) is 11.5 Å². The summed E-state index contributed by atoms with van der Waals surface area (Å²) in [6.07, 6.45) is 0. The molecule has 7 heteroatoms. The largest absolute Gasteiger partial charge is 0.493 e. The molecule has 1 N–H and O–H groups in total. The van der Waals surface area contributed by atoms with Crippen LogP contribution in [0.2, 0.25) is 0 Å². The van der Waals surface area contributed by atoms with Gasteiger partial charge in [-0.15, -0.1) is 0 Å². The Morgan fingerprint density at radius 3 is 2.38 bits per heavy atom. The topological polar surface area (TPSA) is 73.6 Å². The molecule has 0 spiro atoms. The molecule has 0 radical (unpaired) electrons. The van der Waals surface area contributed by atoms with E-state index >= 15 is 0 Å². The van der Waals surface area contributed by atoms with Crippen LogP contribution in [0.5, 0.6) is 11.5 Å². The number of hydrogen-bond donors (Lipinski definition) is 1. The van der Waals surface area contributed by atoms with Gasteiger partial charge in [-0.2, -0.15) is 0 Å². The summed E-state index contributed by atoms with van der Waals surface area (Å²) in [5.41, 5.74) is 1.74. The van der Waals surface area contributed by atoms with Crippen molar-refractivity contribution < 1.29 is 18.8 Å².